The van der Waals surface area contributed by atoms with Crippen molar-refractivity contribution in [1.82, 2.24) is 4.90 Å². The van der Waals surface area contributed by atoms with Crippen LogP contribution in [0.1, 0.15) is 35.7 Å². The molecule has 1 aromatic carbocycles. The van der Waals surface area contributed by atoms with E-state index in [9.17, 15) is 9.59 Å². The first-order valence-electron chi connectivity index (χ1n) is 7.29. The lowest BCUT2D eigenvalue weighted by Crippen LogP contribution is -2.41. The van der Waals surface area contributed by atoms with Gasteiger partial charge in [-0.2, -0.15) is 0 Å². The second kappa shape index (κ2) is 6.61. The minimum absolute atomic E-state index is 0.138. The van der Waals surface area contributed by atoms with Crippen LogP contribution in [0.4, 0.5) is 5.69 Å². The molecule has 1 saturated heterocycles. The average molecular weight is 290 g/mol. The van der Waals surface area contributed by atoms with E-state index in [4.69, 9.17) is 10.5 Å². The number of para-hydroxylation sites is 1. The third kappa shape index (κ3) is 3.74. The third-order valence-corrected chi connectivity index (χ3v) is 3.88. The minimum atomic E-state index is -0.547. The second-order valence-corrected chi connectivity index (χ2v) is 5.70. The molecule has 0 radical (unpaired) electrons. The summed E-state index contributed by atoms with van der Waals surface area (Å²) in [5, 5.41) is 0. The van der Waals surface area contributed by atoms with Crippen LogP contribution >= 0.6 is 0 Å². The Morgan fingerprint density at radius 3 is 2.90 bits per heavy atom. The maximum absolute atomic E-state index is 12.0. The van der Waals surface area contributed by atoms with Gasteiger partial charge in [0, 0.05) is 18.8 Å². The molecule has 1 aliphatic heterocycles. The Bertz CT molecular complexity index is 542. The van der Waals surface area contributed by atoms with Crippen molar-refractivity contribution in [3.63, 3.8) is 0 Å². The zero-order valence-corrected chi connectivity index (χ0v) is 12.6. The highest BCUT2D eigenvalue weighted by atomic mass is 16.5. The highest BCUT2D eigenvalue weighted by Crippen LogP contribution is 2.18. The van der Waals surface area contributed by atoms with Crippen LogP contribution in [0.25, 0.3) is 0 Å². The molecule has 5 nitrogen and oxygen atoms in total. The first-order chi connectivity index (χ1) is 9.99. The monoisotopic (exact) mass is 290 g/mol. The van der Waals surface area contributed by atoms with Gasteiger partial charge in [-0.25, -0.2) is 4.79 Å². The number of likely N-dealkylation sites (tertiary alicyclic amines) is 1. The number of hydrogen-bond donors (Lipinski definition) is 1. The van der Waals surface area contributed by atoms with Gasteiger partial charge in [0.25, 0.3) is 5.91 Å². The number of ether oxygens (including phenoxy) is 1. The third-order valence-electron chi connectivity index (χ3n) is 3.88. The maximum Gasteiger partial charge on any atom is 0.340 e. The molecule has 0 aromatic heterocycles. The van der Waals surface area contributed by atoms with E-state index in [1.807, 2.05) is 13.0 Å². The van der Waals surface area contributed by atoms with Crippen LogP contribution in [-0.2, 0) is 9.53 Å². The van der Waals surface area contributed by atoms with Gasteiger partial charge in [0.05, 0.1) is 5.56 Å². The van der Waals surface area contributed by atoms with Gasteiger partial charge in [0.2, 0.25) is 0 Å². The first-order valence-corrected chi connectivity index (χ1v) is 7.29. The molecular formula is C16H22N2O3. The molecule has 0 saturated carbocycles. The summed E-state index contributed by atoms with van der Waals surface area (Å²) in [5.74, 6) is -0.179. The lowest BCUT2D eigenvalue weighted by molar-refractivity contribution is -0.136. The summed E-state index contributed by atoms with van der Waals surface area (Å²) >= 11 is 0. The average Bonchev–Trinajstić information content (AvgIpc) is 2.47. The first kappa shape index (κ1) is 15.4. The summed E-state index contributed by atoms with van der Waals surface area (Å²) in [7, 11) is 0. The number of carbonyl (C=O) groups excluding carboxylic acids is 2. The molecule has 114 valence electrons. The Kier molecular flexibility index (Phi) is 4.83. The normalized spacial score (nSPS) is 18.4. The van der Waals surface area contributed by atoms with Gasteiger partial charge in [-0.1, -0.05) is 19.1 Å². The summed E-state index contributed by atoms with van der Waals surface area (Å²) in [6, 6.07) is 5.18. The SMILES string of the molecule is Cc1cccc(C(=O)OCC(=O)N2CCC[C@H](C)C2)c1N. The molecule has 0 bridgehead atoms. The Morgan fingerprint density at radius 1 is 1.43 bits per heavy atom. The van der Waals surface area contributed by atoms with Gasteiger partial charge >= 0.3 is 5.97 Å². The quantitative estimate of drug-likeness (QED) is 0.682. The van der Waals surface area contributed by atoms with Crippen LogP contribution in [-0.4, -0.2) is 36.5 Å². The molecule has 0 unspecified atom stereocenters. The standard InChI is InChI=1S/C16H22N2O3/c1-11-5-4-8-18(9-11)14(19)10-21-16(20)13-7-3-6-12(2)15(13)17/h3,6-7,11H,4-5,8-10,17H2,1-2H3/t11-/m0/s1. The zero-order valence-electron chi connectivity index (χ0n) is 12.6. The molecule has 1 aliphatic rings. The molecule has 1 aromatic rings. The van der Waals surface area contributed by atoms with Crippen molar-refractivity contribution in [1.29, 1.82) is 0 Å². The number of nitrogens with two attached hydrogens (primary N) is 1. The van der Waals surface area contributed by atoms with Gasteiger partial charge < -0.3 is 15.4 Å². The Morgan fingerprint density at radius 2 is 2.19 bits per heavy atom. The second-order valence-electron chi connectivity index (χ2n) is 5.70. The maximum atomic E-state index is 12.0. The van der Waals surface area contributed by atoms with E-state index in [0.29, 0.717) is 17.2 Å². The number of hydrogen-bond acceptors (Lipinski definition) is 4. The van der Waals surface area contributed by atoms with Crippen LogP contribution in [0, 0.1) is 12.8 Å². The molecule has 0 aliphatic carbocycles. The Labute approximate surface area is 125 Å². The summed E-state index contributed by atoms with van der Waals surface area (Å²) in [4.78, 5) is 25.8. The van der Waals surface area contributed by atoms with Gasteiger partial charge in [-0.15, -0.1) is 0 Å². The van der Waals surface area contributed by atoms with E-state index in [0.717, 1.165) is 31.5 Å². The van der Waals surface area contributed by atoms with Crippen molar-refractivity contribution in [2.24, 2.45) is 5.92 Å². The summed E-state index contributed by atoms with van der Waals surface area (Å²) < 4.78 is 5.10. The van der Waals surface area contributed by atoms with E-state index in [1.165, 1.54) is 0 Å². The summed E-state index contributed by atoms with van der Waals surface area (Å²) in [6.07, 6.45) is 2.15. The molecule has 1 amide bonds. The molecule has 1 heterocycles. The van der Waals surface area contributed by atoms with E-state index < -0.39 is 5.97 Å². The van der Waals surface area contributed by atoms with Crippen molar-refractivity contribution in [3.8, 4) is 0 Å². The van der Waals surface area contributed by atoms with Crippen LogP contribution in [0.2, 0.25) is 0 Å². The number of nitrogens with zero attached hydrogens (tertiary/aromatic N) is 1. The molecule has 1 atom stereocenters. The number of anilines is 1. The molecule has 5 heteroatoms. The molecule has 0 spiro atoms. The predicted molar refractivity (Wildman–Crippen MR) is 80.9 cm³/mol. The lowest BCUT2D eigenvalue weighted by Gasteiger charge is -2.30. The number of rotatable bonds is 3. The predicted octanol–water partition coefficient (Wildman–Crippen LogP) is 1.99. The largest absolute Gasteiger partial charge is 0.452 e. The topological polar surface area (TPSA) is 72.6 Å². The zero-order chi connectivity index (χ0) is 15.4. The smallest absolute Gasteiger partial charge is 0.340 e. The van der Waals surface area contributed by atoms with Crippen LogP contribution < -0.4 is 5.73 Å². The molecule has 2 rings (SSSR count). The summed E-state index contributed by atoms with van der Waals surface area (Å²) in [6.45, 7) is 5.21. The molecule has 1 fully saturated rings. The number of benzene rings is 1. The summed E-state index contributed by atoms with van der Waals surface area (Å²) in [5.41, 5.74) is 7.39. The van der Waals surface area contributed by atoms with Crippen molar-refractivity contribution < 1.29 is 14.3 Å². The Balaban J connectivity index is 1.91. The number of carbonyl (C=O) groups is 2. The van der Waals surface area contributed by atoms with Crippen LogP contribution in [0.3, 0.4) is 0 Å². The van der Waals surface area contributed by atoms with Gasteiger partial charge in [-0.05, 0) is 37.3 Å². The van der Waals surface area contributed by atoms with E-state index >= 15 is 0 Å². The number of aryl methyl sites for hydroxylation is 1. The number of esters is 1. The van der Waals surface area contributed by atoms with Crippen molar-refractivity contribution in [2.45, 2.75) is 26.7 Å². The lowest BCUT2D eigenvalue weighted by atomic mass is 10.0. The van der Waals surface area contributed by atoms with Crippen molar-refractivity contribution in [3.05, 3.63) is 29.3 Å². The van der Waals surface area contributed by atoms with Gasteiger partial charge in [0.15, 0.2) is 6.61 Å². The van der Waals surface area contributed by atoms with E-state index in [2.05, 4.69) is 6.92 Å². The number of amides is 1. The van der Waals surface area contributed by atoms with Crippen LogP contribution in [0.5, 0.6) is 0 Å². The molecule has 2 N–H and O–H groups in total. The highest BCUT2D eigenvalue weighted by molar-refractivity contribution is 5.96. The fraction of sp³-hybridized carbons (Fsp3) is 0.500. The van der Waals surface area contributed by atoms with Crippen molar-refractivity contribution >= 4 is 17.6 Å². The van der Waals surface area contributed by atoms with Crippen LogP contribution in [0.15, 0.2) is 18.2 Å². The Hall–Kier alpha value is -2.04. The fourth-order valence-electron chi connectivity index (χ4n) is 2.57. The minimum Gasteiger partial charge on any atom is -0.452 e. The highest BCUT2D eigenvalue weighted by Gasteiger charge is 2.22. The molecular weight excluding hydrogens is 268 g/mol. The number of piperidine rings is 1. The fourth-order valence-corrected chi connectivity index (χ4v) is 2.57. The van der Waals surface area contributed by atoms with E-state index in [-0.39, 0.29) is 12.5 Å². The van der Waals surface area contributed by atoms with Gasteiger partial charge in [0.1, 0.15) is 0 Å². The van der Waals surface area contributed by atoms with Gasteiger partial charge in [-0.3, -0.25) is 4.79 Å². The number of nitrogen functional groups attached to an aromatic ring is 1. The van der Waals surface area contributed by atoms with E-state index in [1.54, 1.807) is 17.0 Å². The van der Waals surface area contributed by atoms with Crippen molar-refractivity contribution in [2.75, 3.05) is 25.4 Å². The molecule has 21 heavy (non-hydrogen) atoms.